The van der Waals surface area contributed by atoms with E-state index in [1.165, 1.54) is 19.3 Å². The molecule has 0 bridgehead atoms. The van der Waals surface area contributed by atoms with Crippen molar-refractivity contribution < 1.29 is 38.3 Å². The van der Waals surface area contributed by atoms with Crippen LogP contribution in [0.15, 0.2) is 18.2 Å². The number of methoxy groups -OCH3 is 1. The van der Waals surface area contributed by atoms with Crippen molar-refractivity contribution in [1.82, 2.24) is 0 Å². The van der Waals surface area contributed by atoms with Gasteiger partial charge >= 0.3 is 5.97 Å². The summed E-state index contributed by atoms with van der Waals surface area (Å²) in [5.74, 6) is -0.0825. The lowest BCUT2D eigenvalue weighted by molar-refractivity contribution is -0.134. The van der Waals surface area contributed by atoms with Crippen molar-refractivity contribution in [2.24, 2.45) is 0 Å². The summed E-state index contributed by atoms with van der Waals surface area (Å²) in [6.07, 6.45) is 2.66. The Balaban J connectivity index is 2.13. The Morgan fingerprint density at radius 2 is 1.54 bits per heavy atom. The molecule has 0 saturated carbocycles. The molecular formula is C18H24O8. The molecule has 1 aliphatic rings. The van der Waals surface area contributed by atoms with Crippen LogP contribution in [-0.4, -0.2) is 71.0 Å². The summed E-state index contributed by atoms with van der Waals surface area (Å²) < 4.78 is 32.0. The molecule has 0 atom stereocenters. The number of carbonyl (C=O) groups excluding carboxylic acids is 1. The Hall–Kier alpha value is -2.29. The smallest absolute Gasteiger partial charge is 0.330 e. The highest BCUT2D eigenvalue weighted by atomic mass is 16.6. The minimum atomic E-state index is -0.523. The van der Waals surface area contributed by atoms with Gasteiger partial charge in [-0.05, 0) is 18.2 Å². The fourth-order valence-corrected chi connectivity index (χ4v) is 2.14. The SMILES string of the molecule is COC(=O)/C=C/c1ccc2c(c1O)OCCOCCOCCOCCO2. The zero-order chi connectivity index (χ0) is 18.6. The second kappa shape index (κ2) is 11.3. The summed E-state index contributed by atoms with van der Waals surface area (Å²) in [6.45, 7) is 3.12. The standard InChI is InChI=1S/C18H24O8/c1-21-16(19)5-3-14-2-4-15-18(17(14)20)26-13-11-24-9-7-22-6-8-23-10-12-25-15/h2-5,20H,6-13H2,1H3/b5-3+. The van der Waals surface area contributed by atoms with Crippen molar-refractivity contribution >= 4 is 12.0 Å². The fraction of sp³-hybridized carbons (Fsp3) is 0.500. The Labute approximate surface area is 152 Å². The number of rotatable bonds is 2. The summed E-state index contributed by atoms with van der Waals surface area (Å²) in [7, 11) is 1.28. The normalized spacial score (nSPS) is 17.3. The molecule has 8 nitrogen and oxygen atoms in total. The monoisotopic (exact) mass is 368 g/mol. The summed E-state index contributed by atoms with van der Waals surface area (Å²) >= 11 is 0. The molecule has 8 heteroatoms. The quantitative estimate of drug-likeness (QED) is 0.619. The van der Waals surface area contributed by atoms with Gasteiger partial charge in [-0.25, -0.2) is 4.79 Å². The third-order valence-corrected chi connectivity index (χ3v) is 3.43. The number of aromatic hydroxyl groups is 1. The van der Waals surface area contributed by atoms with Gasteiger partial charge in [0.25, 0.3) is 0 Å². The molecule has 26 heavy (non-hydrogen) atoms. The Morgan fingerprint density at radius 3 is 2.15 bits per heavy atom. The van der Waals surface area contributed by atoms with E-state index in [1.807, 2.05) is 0 Å². The van der Waals surface area contributed by atoms with Crippen LogP contribution in [-0.2, 0) is 23.7 Å². The van der Waals surface area contributed by atoms with Crippen LogP contribution < -0.4 is 9.47 Å². The third-order valence-electron chi connectivity index (χ3n) is 3.43. The number of ether oxygens (including phenoxy) is 6. The van der Waals surface area contributed by atoms with Crippen molar-refractivity contribution in [2.75, 3.05) is 60.0 Å². The predicted octanol–water partition coefficient (Wildman–Crippen LogP) is 1.40. The van der Waals surface area contributed by atoms with Gasteiger partial charge in [-0.3, -0.25) is 0 Å². The molecule has 0 aliphatic carbocycles. The van der Waals surface area contributed by atoms with Gasteiger partial charge in [0, 0.05) is 11.6 Å². The van der Waals surface area contributed by atoms with Gasteiger partial charge in [-0.2, -0.15) is 0 Å². The summed E-state index contributed by atoms with van der Waals surface area (Å²) in [5, 5.41) is 10.5. The first-order chi connectivity index (χ1) is 12.7. The maximum absolute atomic E-state index is 11.2. The number of benzene rings is 1. The van der Waals surface area contributed by atoms with Crippen LogP contribution in [0.5, 0.6) is 17.2 Å². The van der Waals surface area contributed by atoms with E-state index in [-0.39, 0.29) is 18.1 Å². The van der Waals surface area contributed by atoms with Gasteiger partial charge in [-0.1, -0.05) is 0 Å². The molecule has 0 radical (unpaired) electrons. The molecule has 0 unspecified atom stereocenters. The summed E-state index contributed by atoms with van der Waals surface area (Å²) in [6, 6.07) is 3.28. The minimum absolute atomic E-state index is 0.128. The molecule has 1 N–H and O–H groups in total. The van der Waals surface area contributed by atoms with E-state index in [9.17, 15) is 9.90 Å². The second-order valence-corrected chi connectivity index (χ2v) is 5.22. The molecule has 0 saturated heterocycles. The highest BCUT2D eigenvalue weighted by Gasteiger charge is 2.15. The van der Waals surface area contributed by atoms with E-state index < -0.39 is 5.97 Å². The molecule has 0 aromatic heterocycles. The summed E-state index contributed by atoms with van der Waals surface area (Å²) in [4.78, 5) is 11.2. The van der Waals surface area contributed by atoms with Crippen LogP contribution in [0, 0.1) is 0 Å². The van der Waals surface area contributed by atoms with Crippen LogP contribution in [0.4, 0.5) is 0 Å². The number of phenols is 1. The highest BCUT2D eigenvalue weighted by Crippen LogP contribution is 2.40. The lowest BCUT2D eigenvalue weighted by Crippen LogP contribution is -2.13. The van der Waals surface area contributed by atoms with Crippen molar-refractivity contribution in [1.29, 1.82) is 0 Å². The highest BCUT2D eigenvalue weighted by molar-refractivity contribution is 5.87. The molecule has 1 heterocycles. The molecule has 0 fully saturated rings. The average Bonchev–Trinajstić information content (AvgIpc) is 2.66. The van der Waals surface area contributed by atoms with Gasteiger partial charge in [0.1, 0.15) is 13.2 Å². The first-order valence-electron chi connectivity index (χ1n) is 8.33. The molecule has 0 amide bonds. The Morgan fingerprint density at radius 1 is 0.962 bits per heavy atom. The van der Waals surface area contributed by atoms with Crippen LogP contribution >= 0.6 is 0 Å². The van der Waals surface area contributed by atoms with Gasteiger partial charge < -0.3 is 33.5 Å². The van der Waals surface area contributed by atoms with Crippen molar-refractivity contribution in [3.63, 3.8) is 0 Å². The van der Waals surface area contributed by atoms with Gasteiger partial charge in [0.2, 0.25) is 5.75 Å². The molecule has 2 rings (SSSR count). The number of esters is 1. The largest absolute Gasteiger partial charge is 0.504 e. The van der Waals surface area contributed by atoms with Crippen molar-refractivity contribution in [3.8, 4) is 17.2 Å². The summed E-state index contributed by atoms with van der Waals surface area (Å²) in [5.41, 5.74) is 0.404. The van der Waals surface area contributed by atoms with Crippen LogP contribution in [0.25, 0.3) is 6.08 Å². The number of hydrogen-bond donors (Lipinski definition) is 1. The van der Waals surface area contributed by atoms with E-state index >= 15 is 0 Å². The van der Waals surface area contributed by atoms with Crippen LogP contribution in [0.1, 0.15) is 5.56 Å². The molecule has 1 aromatic carbocycles. The van der Waals surface area contributed by atoms with E-state index in [1.54, 1.807) is 12.1 Å². The molecule has 1 aromatic rings. The third kappa shape index (κ3) is 6.55. The number of fused-ring (bicyclic) bond motifs is 1. The van der Waals surface area contributed by atoms with Crippen molar-refractivity contribution in [3.05, 3.63) is 23.8 Å². The first-order valence-corrected chi connectivity index (χ1v) is 8.33. The van der Waals surface area contributed by atoms with E-state index in [2.05, 4.69) is 4.74 Å². The number of phenolic OH excluding ortho intramolecular Hbond substituents is 1. The Kier molecular flexibility index (Phi) is 8.74. The fourth-order valence-electron chi connectivity index (χ4n) is 2.14. The van der Waals surface area contributed by atoms with Crippen molar-refractivity contribution in [2.45, 2.75) is 0 Å². The molecular weight excluding hydrogens is 344 g/mol. The second-order valence-electron chi connectivity index (χ2n) is 5.22. The van der Waals surface area contributed by atoms with Gasteiger partial charge in [0.05, 0.1) is 46.8 Å². The average molecular weight is 368 g/mol. The predicted molar refractivity (Wildman–Crippen MR) is 92.6 cm³/mol. The molecule has 1 aliphatic heterocycles. The lowest BCUT2D eigenvalue weighted by Gasteiger charge is -2.15. The Bertz CT molecular complexity index is 599. The first kappa shape index (κ1) is 20.0. The van der Waals surface area contributed by atoms with Crippen LogP contribution in [0.2, 0.25) is 0 Å². The topological polar surface area (TPSA) is 92.7 Å². The zero-order valence-electron chi connectivity index (χ0n) is 14.8. The maximum atomic E-state index is 11.2. The van der Waals surface area contributed by atoms with E-state index in [0.29, 0.717) is 57.6 Å². The number of hydrogen-bond acceptors (Lipinski definition) is 8. The van der Waals surface area contributed by atoms with Gasteiger partial charge in [0.15, 0.2) is 11.5 Å². The minimum Gasteiger partial charge on any atom is -0.504 e. The molecule has 144 valence electrons. The van der Waals surface area contributed by atoms with Crippen LogP contribution in [0.3, 0.4) is 0 Å². The zero-order valence-corrected chi connectivity index (χ0v) is 14.8. The van der Waals surface area contributed by atoms with E-state index in [0.717, 1.165) is 0 Å². The van der Waals surface area contributed by atoms with Gasteiger partial charge in [-0.15, -0.1) is 0 Å². The van der Waals surface area contributed by atoms with E-state index in [4.69, 9.17) is 23.7 Å². The number of carbonyl (C=O) groups is 1. The maximum Gasteiger partial charge on any atom is 0.330 e. The lowest BCUT2D eigenvalue weighted by atomic mass is 10.1. The molecule has 0 spiro atoms.